The molecule has 18 heavy (non-hydrogen) atoms. The molecule has 1 atom stereocenters. The summed E-state index contributed by atoms with van der Waals surface area (Å²) in [6.45, 7) is 4.20. The first-order valence-electron chi connectivity index (χ1n) is 6.44. The molecule has 0 aliphatic carbocycles. The Hall–Kier alpha value is -0.287. The molecular weight excluding hydrogens is 305 g/mol. The van der Waals surface area contributed by atoms with E-state index in [0.29, 0.717) is 10.8 Å². The molecule has 0 spiro atoms. The first kappa shape index (κ1) is 15.8. The molecule has 0 bridgehead atoms. The van der Waals surface area contributed by atoms with Crippen molar-refractivity contribution >= 4 is 23.1 Å². The van der Waals surface area contributed by atoms with Crippen molar-refractivity contribution in [1.82, 2.24) is 0 Å². The van der Waals surface area contributed by atoms with Crippen LogP contribution in [0.25, 0.3) is 0 Å². The topological polar surface area (TPSA) is 34.1 Å². The molecule has 0 radical (unpaired) electrons. The van der Waals surface area contributed by atoms with E-state index < -0.39 is 23.1 Å². The van der Waals surface area contributed by atoms with Gasteiger partial charge in [0.1, 0.15) is 0 Å². The molecule has 1 unspecified atom stereocenters. The Labute approximate surface area is 114 Å². The van der Waals surface area contributed by atoms with Crippen LogP contribution >= 0.6 is 0 Å². The van der Waals surface area contributed by atoms with Crippen LogP contribution in [0.3, 0.4) is 0 Å². The maximum absolute atomic E-state index is 12.8. The quantitative estimate of drug-likeness (QED) is 0.771. The summed E-state index contributed by atoms with van der Waals surface area (Å²) in [6.07, 6.45) is 0.778. The van der Waals surface area contributed by atoms with Crippen LogP contribution in [0, 0.1) is 5.92 Å². The SMILES string of the molecule is CC(C)C[CH](S(=O)(=O)c1ccccc1)[Ge]([CH3])([CH3])[CH3]. The van der Waals surface area contributed by atoms with E-state index in [2.05, 4.69) is 31.1 Å². The average molecular weight is 329 g/mol. The van der Waals surface area contributed by atoms with E-state index >= 15 is 0 Å². The molecule has 2 nitrogen and oxygen atoms in total. The molecule has 1 rings (SSSR count). The predicted molar refractivity (Wildman–Crippen MR) is 80.2 cm³/mol. The summed E-state index contributed by atoms with van der Waals surface area (Å²) in [4.78, 5) is 0.483. The first-order valence-corrected chi connectivity index (χ1v) is 15.5. The normalized spacial score (nSPS) is 14.8. The summed E-state index contributed by atoms with van der Waals surface area (Å²) in [6, 6.07) is 8.90. The average Bonchev–Trinajstić information content (AvgIpc) is 2.25. The zero-order valence-electron chi connectivity index (χ0n) is 12.0. The van der Waals surface area contributed by atoms with Crippen LogP contribution in [0.15, 0.2) is 35.2 Å². The van der Waals surface area contributed by atoms with Gasteiger partial charge in [-0.2, -0.15) is 0 Å². The third-order valence-corrected chi connectivity index (χ3v) is 15.1. The number of hydrogen-bond donors (Lipinski definition) is 0. The second-order valence-corrected chi connectivity index (χ2v) is 20.7. The van der Waals surface area contributed by atoms with Gasteiger partial charge >= 0.3 is 114 Å². The second-order valence-electron chi connectivity index (χ2n) is 6.34. The number of rotatable bonds is 5. The molecule has 0 fully saturated rings. The Bertz CT molecular complexity index is 472. The van der Waals surface area contributed by atoms with Crippen molar-refractivity contribution < 1.29 is 8.42 Å². The van der Waals surface area contributed by atoms with Gasteiger partial charge < -0.3 is 0 Å². The van der Waals surface area contributed by atoms with Crippen LogP contribution < -0.4 is 0 Å². The Morgan fingerprint density at radius 2 is 1.56 bits per heavy atom. The van der Waals surface area contributed by atoms with E-state index in [-0.39, 0.29) is 4.08 Å². The Morgan fingerprint density at radius 3 is 1.94 bits per heavy atom. The molecule has 0 aliphatic rings. The van der Waals surface area contributed by atoms with Gasteiger partial charge in [0.25, 0.3) is 0 Å². The fourth-order valence-corrected chi connectivity index (χ4v) is 13.8. The van der Waals surface area contributed by atoms with Crippen molar-refractivity contribution in [3.63, 3.8) is 0 Å². The van der Waals surface area contributed by atoms with Crippen LogP contribution in [0.5, 0.6) is 0 Å². The summed E-state index contributed by atoms with van der Waals surface area (Å²) < 4.78 is 25.4. The van der Waals surface area contributed by atoms with Crippen LogP contribution in [-0.2, 0) is 9.84 Å². The molecule has 0 heterocycles. The number of sulfone groups is 1. The van der Waals surface area contributed by atoms with Crippen LogP contribution in [-0.4, -0.2) is 25.8 Å². The minimum absolute atomic E-state index is 0.153. The predicted octanol–water partition coefficient (Wildman–Crippen LogP) is 3.75. The molecule has 1 aromatic rings. The van der Waals surface area contributed by atoms with Crippen molar-refractivity contribution in [3.8, 4) is 0 Å². The first-order chi connectivity index (χ1) is 8.15. The zero-order valence-corrected chi connectivity index (χ0v) is 14.9. The molecule has 0 aliphatic heterocycles. The minimum atomic E-state index is -3.17. The monoisotopic (exact) mass is 330 g/mol. The van der Waals surface area contributed by atoms with E-state index in [1.165, 1.54) is 0 Å². The van der Waals surface area contributed by atoms with E-state index in [4.69, 9.17) is 0 Å². The summed E-state index contributed by atoms with van der Waals surface area (Å²) in [5.41, 5.74) is 0. The van der Waals surface area contributed by atoms with Gasteiger partial charge in [-0.1, -0.05) is 0 Å². The molecular formula is C14H24GeO2S. The maximum atomic E-state index is 12.8. The van der Waals surface area contributed by atoms with Crippen molar-refractivity contribution in [3.05, 3.63) is 30.3 Å². The van der Waals surface area contributed by atoms with Gasteiger partial charge in [-0.3, -0.25) is 0 Å². The van der Waals surface area contributed by atoms with Crippen LogP contribution in [0.1, 0.15) is 20.3 Å². The van der Waals surface area contributed by atoms with E-state index in [1.807, 2.05) is 6.07 Å². The molecule has 102 valence electrons. The Balaban J connectivity index is 3.21. The van der Waals surface area contributed by atoms with Crippen LogP contribution in [0.2, 0.25) is 17.3 Å². The van der Waals surface area contributed by atoms with Crippen molar-refractivity contribution in [2.75, 3.05) is 0 Å². The Morgan fingerprint density at radius 1 is 1.06 bits per heavy atom. The third-order valence-electron chi connectivity index (χ3n) is 3.10. The van der Waals surface area contributed by atoms with Crippen molar-refractivity contribution in [2.24, 2.45) is 5.92 Å². The van der Waals surface area contributed by atoms with E-state index in [9.17, 15) is 8.42 Å². The molecule has 0 saturated carbocycles. The second kappa shape index (κ2) is 5.78. The Kier molecular flexibility index (Phi) is 5.07. The molecule has 0 aromatic heterocycles. The van der Waals surface area contributed by atoms with Gasteiger partial charge in [-0.15, -0.1) is 0 Å². The van der Waals surface area contributed by atoms with Gasteiger partial charge in [0.15, 0.2) is 0 Å². The number of hydrogen-bond acceptors (Lipinski definition) is 2. The summed E-state index contributed by atoms with van der Waals surface area (Å²) in [5.74, 6) is 6.98. The standard InChI is InChI=1S/C14H24GeO2S/c1-12(2)11-14(15(3,4)5)18(16,17)13-9-7-6-8-10-13/h6-10,12,14H,11H2,1-5H3. The zero-order chi connectivity index (χ0) is 14.0. The van der Waals surface area contributed by atoms with E-state index in [1.54, 1.807) is 24.3 Å². The van der Waals surface area contributed by atoms with Crippen molar-refractivity contribution in [1.29, 1.82) is 0 Å². The fraction of sp³-hybridized carbons (Fsp3) is 0.571. The van der Waals surface area contributed by atoms with Gasteiger partial charge in [0.2, 0.25) is 0 Å². The molecule has 1 aromatic carbocycles. The van der Waals surface area contributed by atoms with Crippen LogP contribution in [0.4, 0.5) is 0 Å². The molecule has 4 heteroatoms. The van der Waals surface area contributed by atoms with Crippen molar-refractivity contribution in [2.45, 2.75) is 46.5 Å². The molecule has 0 N–H and O–H groups in total. The summed E-state index contributed by atoms with van der Waals surface area (Å²) in [7, 11) is -3.17. The van der Waals surface area contributed by atoms with Gasteiger partial charge in [0, 0.05) is 0 Å². The molecule has 0 saturated heterocycles. The van der Waals surface area contributed by atoms with Gasteiger partial charge in [0.05, 0.1) is 0 Å². The van der Waals surface area contributed by atoms with Gasteiger partial charge in [-0.05, 0) is 0 Å². The van der Waals surface area contributed by atoms with Gasteiger partial charge in [-0.25, -0.2) is 0 Å². The third kappa shape index (κ3) is 3.85. The number of benzene rings is 1. The van der Waals surface area contributed by atoms with E-state index in [0.717, 1.165) is 6.42 Å². The summed E-state index contributed by atoms with van der Waals surface area (Å²) >= 11 is -2.28. The summed E-state index contributed by atoms with van der Waals surface area (Å²) in [5, 5.41) is 0. The molecule has 0 amide bonds. The fourth-order valence-electron chi connectivity index (χ4n) is 2.15.